The third-order valence-electron chi connectivity index (χ3n) is 5.03. The molecule has 0 radical (unpaired) electrons. The third kappa shape index (κ3) is 3.26. The molecule has 0 amide bonds. The van der Waals surface area contributed by atoms with Gasteiger partial charge in [-0.25, -0.2) is 0 Å². The normalized spacial score (nSPS) is 17.4. The minimum Gasteiger partial charge on any atom is -0.0834 e. The van der Waals surface area contributed by atoms with Crippen LogP contribution in [0.15, 0.2) is 35.9 Å². The summed E-state index contributed by atoms with van der Waals surface area (Å²) < 4.78 is 0. The van der Waals surface area contributed by atoms with Gasteiger partial charge in [-0.1, -0.05) is 75.2 Å². The van der Waals surface area contributed by atoms with E-state index in [2.05, 4.69) is 58.0 Å². The van der Waals surface area contributed by atoms with Crippen LogP contribution in [0.2, 0.25) is 5.02 Å². The van der Waals surface area contributed by atoms with Crippen molar-refractivity contribution in [2.45, 2.75) is 59.8 Å². The maximum absolute atomic E-state index is 6.64. The van der Waals surface area contributed by atoms with Gasteiger partial charge in [0, 0.05) is 5.56 Å². The fourth-order valence-electron chi connectivity index (χ4n) is 3.31. The Bertz CT molecular complexity index is 559. The Morgan fingerprint density at radius 2 is 1.76 bits per heavy atom. The Kier molecular flexibility index (Phi) is 5.32. The quantitative estimate of drug-likeness (QED) is 0.559. The van der Waals surface area contributed by atoms with Crippen LogP contribution in [0.3, 0.4) is 0 Å². The molecule has 114 valence electrons. The predicted octanol–water partition coefficient (Wildman–Crippen LogP) is 6.83. The summed E-state index contributed by atoms with van der Waals surface area (Å²) in [7, 11) is 0. The van der Waals surface area contributed by atoms with Crippen molar-refractivity contribution in [3.05, 3.63) is 52.1 Å². The van der Waals surface area contributed by atoms with Crippen molar-refractivity contribution in [3.63, 3.8) is 0 Å². The molecule has 1 aromatic carbocycles. The SMILES string of the molecule is CCC1=CC(c2cccc(CC)c2Cl)=CC(CC)(CC)C1. The zero-order valence-electron chi connectivity index (χ0n) is 13.8. The van der Waals surface area contributed by atoms with E-state index in [1.807, 2.05) is 0 Å². The van der Waals surface area contributed by atoms with E-state index >= 15 is 0 Å². The highest BCUT2D eigenvalue weighted by Gasteiger charge is 2.28. The molecule has 1 aliphatic rings. The Morgan fingerprint density at radius 1 is 1.05 bits per heavy atom. The summed E-state index contributed by atoms with van der Waals surface area (Å²) in [5, 5.41) is 0.931. The maximum Gasteiger partial charge on any atom is 0.0516 e. The summed E-state index contributed by atoms with van der Waals surface area (Å²) in [4.78, 5) is 0. The first kappa shape index (κ1) is 16.4. The van der Waals surface area contributed by atoms with Crippen LogP contribution >= 0.6 is 11.6 Å². The summed E-state index contributed by atoms with van der Waals surface area (Å²) in [6, 6.07) is 6.43. The second kappa shape index (κ2) is 6.83. The standard InChI is InChI=1S/C20H27Cl/c1-5-15-12-17(14-20(7-3,8-4)13-15)18-11-9-10-16(6-2)19(18)21/h9-12,14H,5-8,13H2,1-4H3. The van der Waals surface area contributed by atoms with E-state index in [0.717, 1.165) is 17.9 Å². The number of allylic oxidation sites excluding steroid dienone is 4. The molecular formula is C20H27Cl. The minimum atomic E-state index is 0.307. The molecular weight excluding hydrogens is 276 g/mol. The van der Waals surface area contributed by atoms with Gasteiger partial charge in [0.15, 0.2) is 0 Å². The molecule has 21 heavy (non-hydrogen) atoms. The van der Waals surface area contributed by atoms with Crippen molar-refractivity contribution in [1.82, 2.24) is 0 Å². The van der Waals surface area contributed by atoms with Gasteiger partial charge in [0.05, 0.1) is 5.02 Å². The predicted molar refractivity (Wildman–Crippen MR) is 94.8 cm³/mol. The van der Waals surface area contributed by atoms with Crippen LogP contribution in [0, 0.1) is 5.41 Å². The lowest BCUT2D eigenvalue weighted by Crippen LogP contribution is -2.20. The number of benzene rings is 1. The van der Waals surface area contributed by atoms with Gasteiger partial charge in [0.1, 0.15) is 0 Å². The molecule has 0 spiro atoms. The minimum absolute atomic E-state index is 0.307. The molecule has 0 nitrogen and oxygen atoms in total. The van der Waals surface area contributed by atoms with Gasteiger partial charge in [-0.05, 0) is 48.7 Å². The number of halogens is 1. The van der Waals surface area contributed by atoms with Crippen molar-refractivity contribution in [1.29, 1.82) is 0 Å². The van der Waals surface area contributed by atoms with Gasteiger partial charge in [-0.3, -0.25) is 0 Å². The van der Waals surface area contributed by atoms with Crippen molar-refractivity contribution in [2.75, 3.05) is 0 Å². The Hall–Kier alpha value is -1.01. The summed E-state index contributed by atoms with van der Waals surface area (Å²) in [5.41, 5.74) is 5.62. The molecule has 0 aliphatic heterocycles. The molecule has 0 aromatic heterocycles. The van der Waals surface area contributed by atoms with E-state index in [1.165, 1.54) is 36.0 Å². The van der Waals surface area contributed by atoms with Gasteiger partial charge >= 0.3 is 0 Å². The first-order valence-corrected chi connectivity index (χ1v) is 8.67. The lowest BCUT2D eigenvalue weighted by molar-refractivity contribution is 0.344. The van der Waals surface area contributed by atoms with E-state index in [-0.39, 0.29) is 0 Å². The van der Waals surface area contributed by atoms with Crippen molar-refractivity contribution < 1.29 is 0 Å². The van der Waals surface area contributed by atoms with Crippen LogP contribution in [0.25, 0.3) is 5.57 Å². The fourth-order valence-corrected chi connectivity index (χ4v) is 3.68. The molecule has 0 heterocycles. The summed E-state index contributed by atoms with van der Waals surface area (Å²) in [5.74, 6) is 0. The molecule has 1 aromatic rings. The summed E-state index contributed by atoms with van der Waals surface area (Å²) in [6.07, 6.45) is 10.5. The first-order valence-electron chi connectivity index (χ1n) is 8.29. The Balaban J connectivity index is 2.55. The van der Waals surface area contributed by atoms with Gasteiger partial charge in [-0.15, -0.1) is 0 Å². The van der Waals surface area contributed by atoms with Crippen molar-refractivity contribution in [3.8, 4) is 0 Å². The second-order valence-electron chi connectivity index (χ2n) is 6.13. The van der Waals surface area contributed by atoms with Crippen LogP contribution in [0.5, 0.6) is 0 Å². The number of rotatable bonds is 5. The van der Waals surface area contributed by atoms with Gasteiger partial charge in [0.25, 0.3) is 0 Å². The van der Waals surface area contributed by atoms with Crippen LogP contribution in [-0.4, -0.2) is 0 Å². The topological polar surface area (TPSA) is 0 Å². The lowest BCUT2D eigenvalue weighted by atomic mass is 9.71. The van der Waals surface area contributed by atoms with E-state index in [4.69, 9.17) is 11.6 Å². The Morgan fingerprint density at radius 3 is 2.33 bits per heavy atom. The maximum atomic E-state index is 6.64. The highest BCUT2D eigenvalue weighted by Crippen LogP contribution is 2.44. The monoisotopic (exact) mass is 302 g/mol. The molecule has 0 saturated heterocycles. The van der Waals surface area contributed by atoms with Crippen LogP contribution in [-0.2, 0) is 6.42 Å². The smallest absolute Gasteiger partial charge is 0.0516 e. The summed E-state index contributed by atoms with van der Waals surface area (Å²) in [6.45, 7) is 9.03. The molecule has 0 saturated carbocycles. The molecule has 0 fully saturated rings. The van der Waals surface area contributed by atoms with Crippen molar-refractivity contribution in [2.24, 2.45) is 5.41 Å². The zero-order valence-corrected chi connectivity index (χ0v) is 14.6. The van der Waals surface area contributed by atoms with E-state index < -0.39 is 0 Å². The average Bonchev–Trinajstić information content (AvgIpc) is 2.54. The second-order valence-corrected chi connectivity index (χ2v) is 6.51. The van der Waals surface area contributed by atoms with E-state index in [1.54, 1.807) is 5.57 Å². The summed E-state index contributed by atoms with van der Waals surface area (Å²) >= 11 is 6.64. The number of hydrogen-bond donors (Lipinski definition) is 0. The van der Waals surface area contributed by atoms with Gasteiger partial charge in [0.2, 0.25) is 0 Å². The molecule has 2 rings (SSSR count). The molecule has 1 aliphatic carbocycles. The Labute approximate surface area is 134 Å². The number of hydrogen-bond acceptors (Lipinski definition) is 0. The highest BCUT2D eigenvalue weighted by molar-refractivity contribution is 6.33. The molecule has 0 N–H and O–H groups in total. The largest absolute Gasteiger partial charge is 0.0834 e. The zero-order chi connectivity index (χ0) is 15.5. The van der Waals surface area contributed by atoms with Crippen LogP contribution in [0.4, 0.5) is 0 Å². The third-order valence-corrected chi connectivity index (χ3v) is 5.48. The molecule has 0 unspecified atom stereocenters. The molecule has 0 bridgehead atoms. The van der Waals surface area contributed by atoms with Crippen LogP contribution in [0.1, 0.15) is 64.5 Å². The van der Waals surface area contributed by atoms with E-state index in [0.29, 0.717) is 5.41 Å². The lowest BCUT2D eigenvalue weighted by Gasteiger charge is -2.34. The van der Waals surface area contributed by atoms with Gasteiger partial charge < -0.3 is 0 Å². The van der Waals surface area contributed by atoms with E-state index in [9.17, 15) is 0 Å². The van der Waals surface area contributed by atoms with Crippen molar-refractivity contribution >= 4 is 17.2 Å². The molecule has 1 heteroatoms. The fraction of sp³-hybridized carbons (Fsp3) is 0.500. The van der Waals surface area contributed by atoms with Gasteiger partial charge in [-0.2, -0.15) is 0 Å². The average molecular weight is 303 g/mol. The first-order chi connectivity index (χ1) is 10.1. The van der Waals surface area contributed by atoms with Crippen LogP contribution < -0.4 is 0 Å². The highest BCUT2D eigenvalue weighted by atomic mass is 35.5. The number of aryl methyl sites for hydroxylation is 1. The molecule has 0 atom stereocenters.